The fourth-order valence-corrected chi connectivity index (χ4v) is 1.26. The Morgan fingerprint density at radius 1 is 1.64 bits per heavy atom. The van der Waals surface area contributed by atoms with Crippen LogP contribution in [0.3, 0.4) is 0 Å². The molecule has 2 amide bonds. The summed E-state index contributed by atoms with van der Waals surface area (Å²) in [6.07, 6.45) is 3.33. The number of halogens is 1. The monoisotopic (exact) mass is 231 g/mol. The highest BCUT2D eigenvalue weighted by atomic mass is 35.5. The van der Waals surface area contributed by atoms with Crippen LogP contribution in [0.5, 0.6) is 0 Å². The molecule has 1 N–H and O–H groups in total. The molecule has 0 atom stereocenters. The van der Waals surface area contributed by atoms with Crippen molar-refractivity contribution >= 4 is 35.3 Å². The number of carbonyl (C=O) groups excluding carboxylic acids is 1. The van der Waals surface area contributed by atoms with Gasteiger partial charge in [-0.2, -0.15) is 0 Å². The van der Waals surface area contributed by atoms with Gasteiger partial charge in [0.25, 0.3) is 0 Å². The maximum Gasteiger partial charge on any atom is 0.331 e. The summed E-state index contributed by atoms with van der Waals surface area (Å²) in [6, 6.07) is 3.18. The Kier molecular flexibility index (Phi) is 4.03. The van der Waals surface area contributed by atoms with Gasteiger partial charge in [-0.1, -0.05) is 23.5 Å². The van der Waals surface area contributed by atoms with Gasteiger partial charge in [0.15, 0.2) is 0 Å². The molecule has 6 heteroatoms. The molecule has 0 aliphatic carbocycles. The van der Waals surface area contributed by atoms with Gasteiger partial charge in [0.05, 0.1) is 11.9 Å². The molecule has 76 valence electrons. The zero-order chi connectivity index (χ0) is 10.6. The van der Waals surface area contributed by atoms with E-state index in [1.54, 1.807) is 31.6 Å². The minimum atomic E-state index is -0.193. The minimum Gasteiger partial charge on any atom is -0.295 e. The number of aromatic nitrogens is 1. The summed E-state index contributed by atoms with van der Waals surface area (Å²) in [7, 11) is 1.66. The smallest absolute Gasteiger partial charge is 0.295 e. The third-order valence-electron chi connectivity index (χ3n) is 1.59. The van der Waals surface area contributed by atoms with Crippen LogP contribution in [-0.2, 0) is 0 Å². The van der Waals surface area contributed by atoms with E-state index in [-0.39, 0.29) is 6.03 Å². The molecule has 4 nitrogen and oxygen atoms in total. The number of nitrogens with one attached hydrogen (secondary N) is 1. The predicted molar refractivity (Wildman–Crippen MR) is 59.7 cm³/mol. The van der Waals surface area contributed by atoms with Gasteiger partial charge in [0.2, 0.25) is 0 Å². The molecular weight excluding hydrogens is 222 g/mol. The fraction of sp³-hybridized carbons (Fsp3) is 0.250. The largest absolute Gasteiger partial charge is 0.331 e. The molecule has 0 fully saturated rings. The molecule has 0 aliphatic heterocycles. The van der Waals surface area contributed by atoms with E-state index in [1.807, 2.05) is 0 Å². The molecule has 1 aromatic heterocycles. The number of anilines is 1. The fourth-order valence-electron chi connectivity index (χ4n) is 0.839. The second-order valence-corrected chi connectivity index (χ2v) is 3.51. The second-order valence-electron chi connectivity index (χ2n) is 2.51. The van der Waals surface area contributed by atoms with Gasteiger partial charge in [-0.3, -0.25) is 9.62 Å². The van der Waals surface area contributed by atoms with Crippen LogP contribution in [0.4, 0.5) is 10.5 Å². The Labute approximate surface area is 91.8 Å². The van der Waals surface area contributed by atoms with E-state index in [1.165, 1.54) is 16.8 Å². The van der Waals surface area contributed by atoms with Crippen LogP contribution in [0, 0.1) is 0 Å². The average Bonchev–Trinajstić information content (AvgIpc) is 2.18. The lowest BCUT2D eigenvalue weighted by molar-refractivity contribution is 0.253. The molecule has 0 bridgehead atoms. The summed E-state index contributed by atoms with van der Waals surface area (Å²) in [6.45, 7) is 0. The minimum absolute atomic E-state index is 0.193. The van der Waals surface area contributed by atoms with Crippen LogP contribution in [0.2, 0.25) is 5.15 Å². The highest BCUT2D eigenvalue weighted by Gasteiger charge is 2.09. The summed E-state index contributed by atoms with van der Waals surface area (Å²) in [5.41, 5.74) is 0.695. The molecule has 1 aromatic rings. The average molecular weight is 232 g/mol. The van der Waals surface area contributed by atoms with Crippen molar-refractivity contribution in [1.82, 2.24) is 9.71 Å². The first-order valence-electron chi connectivity index (χ1n) is 3.83. The van der Waals surface area contributed by atoms with E-state index in [9.17, 15) is 4.79 Å². The SMILES string of the molecule is CSNC(=O)N(C)c1ccc(Cl)nc1. The number of nitrogens with zero attached hydrogens (tertiary/aromatic N) is 2. The van der Waals surface area contributed by atoms with Crippen LogP contribution in [0.1, 0.15) is 0 Å². The van der Waals surface area contributed by atoms with Crippen LogP contribution in [0.15, 0.2) is 18.3 Å². The number of rotatable bonds is 2. The van der Waals surface area contributed by atoms with Crippen LogP contribution >= 0.6 is 23.5 Å². The summed E-state index contributed by atoms with van der Waals surface area (Å²) < 4.78 is 2.60. The second kappa shape index (κ2) is 5.07. The number of urea groups is 1. The lowest BCUT2D eigenvalue weighted by Gasteiger charge is -2.16. The predicted octanol–water partition coefficient (Wildman–Crippen LogP) is 2.16. The highest BCUT2D eigenvalue weighted by molar-refractivity contribution is 7.97. The van der Waals surface area contributed by atoms with Crippen molar-refractivity contribution in [2.24, 2.45) is 0 Å². The maximum absolute atomic E-state index is 11.4. The molecule has 0 unspecified atom stereocenters. The van der Waals surface area contributed by atoms with Gasteiger partial charge >= 0.3 is 6.03 Å². The Balaban J connectivity index is 2.73. The summed E-state index contributed by atoms with van der Waals surface area (Å²) >= 11 is 6.87. The van der Waals surface area contributed by atoms with E-state index in [2.05, 4.69) is 9.71 Å². The summed E-state index contributed by atoms with van der Waals surface area (Å²) in [5, 5.41) is 0.410. The lowest BCUT2D eigenvalue weighted by atomic mass is 10.4. The zero-order valence-electron chi connectivity index (χ0n) is 7.82. The third kappa shape index (κ3) is 2.78. The lowest BCUT2D eigenvalue weighted by Crippen LogP contribution is -2.33. The van der Waals surface area contributed by atoms with Crippen molar-refractivity contribution in [3.63, 3.8) is 0 Å². The molecule has 0 saturated carbocycles. The van der Waals surface area contributed by atoms with Crippen molar-refractivity contribution in [1.29, 1.82) is 0 Å². The Morgan fingerprint density at radius 3 is 2.86 bits per heavy atom. The van der Waals surface area contributed by atoms with Crippen molar-refractivity contribution in [2.75, 3.05) is 18.2 Å². The molecule has 0 spiro atoms. The van der Waals surface area contributed by atoms with E-state index >= 15 is 0 Å². The van der Waals surface area contributed by atoms with Gasteiger partial charge in [0.1, 0.15) is 5.15 Å². The molecule has 0 saturated heterocycles. The topological polar surface area (TPSA) is 45.2 Å². The van der Waals surface area contributed by atoms with Crippen LogP contribution in [-0.4, -0.2) is 24.3 Å². The molecule has 1 heterocycles. The number of hydrogen-bond acceptors (Lipinski definition) is 3. The van der Waals surface area contributed by atoms with Crippen molar-refractivity contribution in [3.05, 3.63) is 23.5 Å². The van der Waals surface area contributed by atoms with Gasteiger partial charge in [-0.05, 0) is 12.1 Å². The van der Waals surface area contributed by atoms with Crippen molar-refractivity contribution in [3.8, 4) is 0 Å². The quantitative estimate of drug-likeness (QED) is 0.627. The van der Waals surface area contributed by atoms with Crippen LogP contribution in [0.25, 0.3) is 0 Å². The highest BCUT2D eigenvalue weighted by Crippen LogP contribution is 2.13. The Morgan fingerprint density at radius 2 is 2.36 bits per heavy atom. The first-order chi connectivity index (χ1) is 6.65. The number of carbonyl (C=O) groups is 1. The van der Waals surface area contributed by atoms with E-state index in [4.69, 9.17) is 11.6 Å². The third-order valence-corrected chi connectivity index (χ3v) is 2.20. The first-order valence-corrected chi connectivity index (χ1v) is 5.43. The summed E-state index contributed by atoms with van der Waals surface area (Å²) in [4.78, 5) is 16.7. The molecule has 14 heavy (non-hydrogen) atoms. The van der Waals surface area contributed by atoms with E-state index in [0.717, 1.165) is 0 Å². The Bertz CT molecular complexity index is 317. The molecule has 0 radical (unpaired) electrons. The van der Waals surface area contributed by atoms with E-state index < -0.39 is 0 Å². The van der Waals surface area contributed by atoms with Gasteiger partial charge in [-0.15, -0.1) is 0 Å². The van der Waals surface area contributed by atoms with Crippen LogP contribution < -0.4 is 9.62 Å². The normalized spacial score (nSPS) is 9.64. The number of pyridine rings is 1. The standard InChI is InChI=1S/C8H10ClN3OS/c1-12(8(13)11-14-2)6-3-4-7(9)10-5-6/h3-5H,1-2H3,(H,11,13). The molecule has 1 rings (SSSR count). The summed E-state index contributed by atoms with van der Waals surface area (Å²) in [5.74, 6) is 0. The molecule has 0 aromatic carbocycles. The maximum atomic E-state index is 11.4. The van der Waals surface area contributed by atoms with Gasteiger partial charge < -0.3 is 0 Å². The first kappa shape index (κ1) is 11.1. The van der Waals surface area contributed by atoms with Gasteiger partial charge in [0, 0.05) is 13.3 Å². The van der Waals surface area contributed by atoms with E-state index in [0.29, 0.717) is 10.8 Å². The Hall–Kier alpha value is -0.940. The van der Waals surface area contributed by atoms with Crippen molar-refractivity contribution in [2.45, 2.75) is 0 Å². The van der Waals surface area contributed by atoms with Gasteiger partial charge in [-0.25, -0.2) is 9.78 Å². The number of amides is 2. The number of hydrogen-bond donors (Lipinski definition) is 1. The molecular formula is C8H10ClN3OS. The zero-order valence-corrected chi connectivity index (χ0v) is 9.39. The van der Waals surface area contributed by atoms with Crippen molar-refractivity contribution < 1.29 is 4.79 Å². The molecule has 0 aliphatic rings.